The number of amides is 1. The Morgan fingerprint density at radius 3 is 2.44 bits per heavy atom. The zero-order chi connectivity index (χ0) is 6.85. The van der Waals surface area contributed by atoms with Crippen LogP contribution in [0.2, 0.25) is 0 Å². The Morgan fingerprint density at radius 1 is 1.67 bits per heavy atom. The summed E-state index contributed by atoms with van der Waals surface area (Å²) >= 11 is 0. The summed E-state index contributed by atoms with van der Waals surface area (Å²) in [6.07, 6.45) is 3.32. The normalized spacial score (nSPS) is 33.4. The van der Waals surface area contributed by atoms with Gasteiger partial charge < -0.3 is 5.73 Å². The summed E-state index contributed by atoms with van der Waals surface area (Å²) in [6.45, 7) is 2.11. The molecular weight excluding hydrogens is 114 g/mol. The second kappa shape index (κ2) is 2.38. The van der Waals surface area contributed by atoms with Crippen LogP contribution in [0.1, 0.15) is 26.2 Å². The minimum Gasteiger partial charge on any atom is -0.369 e. The molecule has 0 aliphatic heterocycles. The first-order valence-corrected chi connectivity index (χ1v) is 3.55. The maximum Gasteiger partial charge on any atom is 0.220 e. The van der Waals surface area contributed by atoms with Crippen molar-refractivity contribution < 1.29 is 4.79 Å². The van der Waals surface area contributed by atoms with Crippen molar-refractivity contribution >= 4 is 5.91 Å². The zero-order valence-electron chi connectivity index (χ0n) is 5.76. The molecule has 0 spiro atoms. The van der Waals surface area contributed by atoms with Crippen LogP contribution in [0.15, 0.2) is 0 Å². The largest absolute Gasteiger partial charge is 0.369 e. The molecule has 1 aliphatic rings. The summed E-state index contributed by atoms with van der Waals surface area (Å²) in [5.41, 5.74) is 5.12. The number of hydrogen-bond donors (Lipinski definition) is 1. The standard InChI is InChI=1S/C7H13NO/c1-2-5-3-4-6(5)7(8)9/h5-6H,2-4H2,1H3,(H2,8,9). The van der Waals surface area contributed by atoms with Crippen molar-refractivity contribution in [3.8, 4) is 0 Å². The van der Waals surface area contributed by atoms with Gasteiger partial charge in [-0.25, -0.2) is 0 Å². The highest BCUT2D eigenvalue weighted by Gasteiger charge is 2.33. The van der Waals surface area contributed by atoms with Crippen LogP contribution in [0.5, 0.6) is 0 Å². The molecule has 2 N–H and O–H groups in total. The maximum absolute atomic E-state index is 10.6. The summed E-state index contributed by atoms with van der Waals surface area (Å²) in [5.74, 6) is 0.700. The highest BCUT2D eigenvalue weighted by molar-refractivity contribution is 5.77. The molecule has 0 aromatic heterocycles. The molecule has 0 radical (unpaired) electrons. The molecule has 2 heteroatoms. The molecule has 1 rings (SSSR count). The fourth-order valence-electron chi connectivity index (χ4n) is 1.43. The number of primary amides is 1. The first kappa shape index (κ1) is 6.59. The third-order valence-corrected chi connectivity index (χ3v) is 2.31. The van der Waals surface area contributed by atoms with E-state index in [9.17, 15) is 4.79 Å². The van der Waals surface area contributed by atoms with Crippen molar-refractivity contribution in [2.75, 3.05) is 0 Å². The van der Waals surface area contributed by atoms with Gasteiger partial charge in [-0.05, 0) is 18.8 Å². The lowest BCUT2D eigenvalue weighted by Gasteiger charge is -2.33. The Balaban J connectivity index is 2.35. The number of rotatable bonds is 2. The van der Waals surface area contributed by atoms with Gasteiger partial charge in [-0.15, -0.1) is 0 Å². The van der Waals surface area contributed by atoms with Gasteiger partial charge in [0.25, 0.3) is 0 Å². The molecule has 1 aliphatic carbocycles. The summed E-state index contributed by atoms with van der Waals surface area (Å²) in [7, 11) is 0. The van der Waals surface area contributed by atoms with Crippen molar-refractivity contribution in [2.24, 2.45) is 17.6 Å². The summed E-state index contributed by atoms with van der Waals surface area (Å²) in [6, 6.07) is 0. The molecule has 52 valence electrons. The van der Waals surface area contributed by atoms with Crippen LogP contribution < -0.4 is 5.73 Å². The average molecular weight is 127 g/mol. The van der Waals surface area contributed by atoms with Gasteiger partial charge in [0.15, 0.2) is 0 Å². The second-order valence-corrected chi connectivity index (χ2v) is 2.75. The number of nitrogens with two attached hydrogens (primary N) is 1. The van der Waals surface area contributed by atoms with E-state index < -0.39 is 0 Å². The topological polar surface area (TPSA) is 43.1 Å². The molecule has 9 heavy (non-hydrogen) atoms. The number of carbonyl (C=O) groups excluding carboxylic acids is 1. The molecule has 2 unspecified atom stereocenters. The summed E-state index contributed by atoms with van der Waals surface area (Å²) in [4.78, 5) is 10.6. The van der Waals surface area contributed by atoms with Crippen LogP contribution >= 0.6 is 0 Å². The first-order chi connectivity index (χ1) is 4.25. The SMILES string of the molecule is CCC1CCC1C(N)=O. The predicted molar refractivity (Wildman–Crippen MR) is 35.7 cm³/mol. The van der Waals surface area contributed by atoms with Crippen LogP contribution in [0.3, 0.4) is 0 Å². The van der Waals surface area contributed by atoms with E-state index in [0.29, 0.717) is 5.92 Å². The number of hydrogen-bond acceptors (Lipinski definition) is 1. The molecule has 0 saturated heterocycles. The van der Waals surface area contributed by atoms with Crippen molar-refractivity contribution in [1.82, 2.24) is 0 Å². The minimum atomic E-state index is -0.104. The van der Waals surface area contributed by atoms with E-state index in [2.05, 4.69) is 6.92 Å². The van der Waals surface area contributed by atoms with Gasteiger partial charge in [0.2, 0.25) is 5.91 Å². The zero-order valence-corrected chi connectivity index (χ0v) is 5.76. The van der Waals surface area contributed by atoms with E-state index in [4.69, 9.17) is 5.73 Å². The van der Waals surface area contributed by atoms with Crippen LogP contribution in [0.4, 0.5) is 0 Å². The molecule has 0 heterocycles. The third kappa shape index (κ3) is 1.07. The van der Waals surface area contributed by atoms with Gasteiger partial charge in [-0.3, -0.25) is 4.79 Å². The van der Waals surface area contributed by atoms with Crippen LogP contribution in [-0.4, -0.2) is 5.91 Å². The lowest BCUT2D eigenvalue weighted by Crippen LogP contribution is -2.36. The fourth-order valence-corrected chi connectivity index (χ4v) is 1.43. The highest BCUT2D eigenvalue weighted by atomic mass is 16.1. The van der Waals surface area contributed by atoms with E-state index >= 15 is 0 Å². The van der Waals surface area contributed by atoms with E-state index in [1.165, 1.54) is 6.42 Å². The Kier molecular flexibility index (Phi) is 1.74. The second-order valence-electron chi connectivity index (χ2n) is 2.75. The molecule has 2 atom stereocenters. The maximum atomic E-state index is 10.6. The van der Waals surface area contributed by atoms with E-state index in [1.54, 1.807) is 0 Å². The Morgan fingerprint density at radius 2 is 2.33 bits per heavy atom. The lowest BCUT2D eigenvalue weighted by atomic mass is 9.72. The van der Waals surface area contributed by atoms with Gasteiger partial charge >= 0.3 is 0 Å². The van der Waals surface area contributed by atoms with Crippen LogP contribution in [0, 0.1) is 11.8 Å². The Hall–Kier alpha value is -0.530. The van der Waals surface area contributed by atoms with Gasteiger partial charge in [0, 0.05) is 5.92 Å². The highest BCUT2D eigenvalue weighted by Crippen LogP contribution is 2.35. The fraction of sp³-hybridized carbons (Fsp3) is 0.857. The molecule has 0 bridgehead atoms. The van der Waals surface area contributed by atoms with Crippen molar-refractivity contribution in [2.45, 2.75) is 26.2 Å². The van der Waals surface area contributed by atoms with Gasteiger partial charge in [0.1, 0.15) is 0 Å². The molecule has 1 saturated carbocycles. The quantitative estimate of drug-likeness (QED) is 0.588. The van der Waals surface area contributed by atoms with Gasteiger partial charge in [-0.1, -0.05) is 13.3 Å². The summed E-state index contributed by atoms with van der Waals surface area (Å²) in [5, 5.41) is 0. The van der Waals surface area contributed by atoms with Gasteiger partial charge in [0.05, 0.1) is 0 Å². The van der Waals surface area contributed by atoms with Crippen LogP contribution in [0.25, 0.3) is 0 Å². The van der Waals surface area contributed by atoms with Crippen molar-refractivity contribution in [3.63, 3.8) is 0 Å². The van der Waals surface area contributed by atoms with E-state index in [1.807, 2.05) is 0 Å². The predicted octanol–water partition coefficient (Wildman–Crippen LogP) is 0.908. The summed E-state index contributed by atoms with van der Waals surface area (Å²) < 4.78 is 0. The molecule has 0 aromatic rings. The smallest absolute Gasteiger partial charge is 0.220 e. The van der Waals surface area contributed by atoms with E-state index in [-0.39, 0.29) is 11.8 Å². The molecular formula is C7H13NO. The van der Waals surface area contributed by atoms with Crippen LogP contribution in [-0.2, 0) is 4.79 Å². The third-order valence-electron chi connectivity index (χ3n) is 2.31. The molecule has 1 amide bonds. The molecule has 0 aromatic carbocycles. The van der Waals surface area contributed by atoms with Gasteiger partial charge in [-0.2, -0.15) is 0 Å². The molecule has 2 nitrogen and oxygen atoms in total. The van der Waals surface area contributed by atoms with Crippen molar-refractivity contribution in [3.05, 3.63) is 0 Å². The molecule has 1 fully saturated rings. The average Bonchev–Trinajstić information content (AvgIpc) is 1.61. The van der Waals surface area contributed by atoms with Crippen molar-refractivity contribution in [1.29, 1.82) is 0 Å². The Bertz CT molecular complexity index is 120. The van der Waals surface area contributed by atoms with E-state index in [0.717, 1.165) is 12.8 Å². The Labute approximate surface area is 55.4 Å². The minimum absolute atomic E-state index is 0.104. The number of carbonyl (C=O) groups is 1. The monoisotopic (exact) mass is 127 g/mol. The first-order valence-electron chi connectivity index (χ1n) is 3.55. The lowest BCUT2D eigenvalue weighted by molar-refractivity contribution is -0.126.